The van der Waals surface area contributed by atoms with Gasteiger partial charge in [-0.25, -0.2) is 4.79 Å². The maximum Gasteiger partial charge on any atom is 0.471 e. The van der Waals surface area contributed by atoms with Gasteiger partial charge in [0.2, 0.25) is 11.8 Å². The second-order valence-corrected chi connectivity index (χ2v) is 8.74. The summed E-state index contributed by atoms with van der Waals surface area (Å²) in [5.74, 6) is -4.45. The third-order valence-corrected chi connectivity index (χ3v) is 5.99. The van der Waals surface area contributed by atoms with Crippen molar-refractivity contribution in [3.63, 3.8) is 0 Å². The number of anilines is 1. The van der Waals surface area contributed by atoms with Crippen LogP contribution < -0.4 is 15.5 Å². The molecule has 186 valence electrons. The molecule has 3 aromatic rings. The Kier molecular flexibility index (Phi) is 6.25. The van der Waals surface area contributed by atoms with Gasteiger partial charge >= 0.3 is 18.1 Å². The summed E-state index contributed by atoms with van der Waals surface area (Å²) in [5, 5.41) is 4.65. The zero-order chi connectivity index (χ0) is 26.3. The second kappa shape index (κ2) is 9.06. The molecule has 11 heteroatoms. The third-order valence-electron chi connectivity index (χ3n) is 5.99. The lowest BCUT2D eigenvalue weighted by atomic mass is 9.86. The molecular formula is C25H21F3N4O4. The number of carbonyl (C=O) groups is 4. The van der Waals surface area contributed by atoms with Crippen molar-refractivity contribution in [2.75, 3.05) is 11.4 Å². The molecule has 0 saturated carbocycles. The van der Waals surface area contributed by atoms with E-state index in [2.05, 4.69) is 4.98 Å². The molecule has 0 unspecified atom stereocenters. The van der Waals surface area contributed by atoms with E-state index < -0.39 is 41.9 Å². The molecule has 0 spiro atoms. The van der Waals surface area contributed by atoms with Crippen molar-refractivity contribution in [2.24, 2.45) is 5.41 Å². The van der Waals surface area contributed by atoms with Gasteiger partial charge in [0, 0.05) is 23.3 Å². The summed E-state index contributed by atoms with van der Waals surface area (Å²) in [5.41, 5.74) is 1.09. The Labute approximate surface area is 203 Å². The number of nitrogens with one attached hydrogen (secondary N) is 2. The summed E-state index contributed by atoms with van der Waals surface area (Å²) in [6.45, 7) is 2.00. The molecule has 2 N–H and O–H groups in total. The average Bonchev–Trinajstić information content (AvgIpc) is 2.81. The molecule has 0 aliphatic carbocycles. The Balaban J connectivity index is 1.66. The molecule has 0 atom stereocenters. The van der Waals surface area contributed by atoms with Crippen LogP contribution >= 0.6 is 0 Å². The van der Waals surface area contributed by atoms with Crippen LogP contribution in [-0.4, -0.2) is 41.5 Å². The average molecular weight is 498 g/mol. The van der Waals surface area contributed by atoms with E-state index in [1.54, 1.807) is 12.1 Å². The predicted molar refractivity (Wildman–Crippen MR) is 124 cm³/mol. The first-order valence-corrected chi connectivity index (χ1v) is 10.9. The van der Waals surface area contributed by atoms with Gasteiger partial charge in [0.15, 0.2) is 0 Å². The van der Waals surface area contributed by atoms with Gasteiger partial charge in [-0.05, 0) is 55.7 Å². The summed E-state index contributed by atoms with van der Waals surface area (Å²) in [6.07, 6.45) is -4.80. The number of aryl methyl sites for hydroxylation is 1. The number of barbiturate groups is 1. The lowest BCUT2D eigenvalue weighted by Crippen LogP contribution is -2.65. The van der Waals surface area contributed by atoms with E-state index in [1.165, 1.54) is 12.1 Å². The molecule has 1 fully saturated rings. The van der Waals surface area contributed by atoms with Crippen LogP contribution in [0.3, 0.4) is 0 Å². The first-order chi connectivity index (χ1) is 16.9. The number of aromatic nitrogens is 1. The molecule has 4 rings (SSSR count). The number of pyridine rings is 1. The summed E-state index contributed by atoms with van der Waals surface area (Å²) in [4.78, 5) is 53.2. The normalized spacial score (nSPS) is 15.4. The number of imide groups is 2. The number of hydrogen-bond donors (Lipinski definition) is 2. The Morgan fingerprint density at radius 2 is 1.61 bits per heavy atom. The predicted octanol–water partition coefficient (Wildman–Crippen LogP) is 3.40. The lowest BCUT2D eigenvalue weighted by Gasteiger charge is -2.35. The number of amides is 5. The minimum atomic E-state index is -5.26. The zero-order valence-electron chi connectivity index (χ0n) is 19.3. The maximum atomic E-state index is 13.4. The van der Waals surface area contributed by atoms with Gasteiger partial charge in [-0.15, -0.1) is 0 Å². The van der Waals surface area contributed by atoms with Crippen molar-refractivity contribution in [3.8, 4) is 0 Å². The van der Waals surface area contributed by atoms with Crippen LogP contribution in [0.15, 0.2) is 54.6 Å². The first kappa shape index (κ1) is 24.8. The molecule has 1 aliphatic rings. The molecule has 36 heavy (non-hydrogen) atoms. The van der Waals surface area contributed by atoms with Crippen molar-refractivity contribution >= 4 is 40.3 Å². The van der Waals surface area contributed by atoms with Gasteiger partial charge in [-0.2, -0.15) is 13.2 Å². The fourth-order valence-electron chi connectivity index (χ4n) is 4.06. The van der Waals surface area contributed by atoms with Crippen molar-refractivity contribution in [3.05, 3.63) is 71.4 Å². The largest absolute Gasteiger partial charge is 0.471 e. The zero-order valence-corrected chi connectivity index (χ0v) is 19.3. The van der Waals surface area contributed by atoms with Gasteiger partial charge in [-0.3, -0.25) is 30.0 Å². The van der Waals surface area contributed by atoms with E-state index >= 15 is 0 Å². The van der Waals surface area contributed by atoms with Crippen molar-refractivity contribution in [2.45, 2.75) is 26.4 Å². The first-order valence-electron chi connectivity index (χ1n) is 10.9. The number of urea groups is 1. The van der Waals surface area contributed by atoms with Gasteiger partial charge in [0.25, 0.3) is 0 Å². The number of para-hydroxylation sites is 1. The van der Waals surface area contributed by atoms with E-state index in [-0.39, 0.29) is 5.69 Å². The molecule has 8 nitrogen and oxygen atoms in total. The number of rotatable bonds is 5. The number of alkyl halides is 3. The van der Waals surface area contributed by atoms with E-state index in [4.69, 9.17) is 0 Å². The monoisotopic (exact) mass is 498 g/mol. The molecule has 1 aliphatic heterocycles. The highest BCUT2D eigenvalue weighted by Gasteiger charge is 2.51. The number of carbonyl (C=O) groups excluding carboxylic acids is 4. The Hall–Kier alpha value is -4.28. The number of hydrogen-bond acceptors (Lipinski definition) is 5. The molecular weight excluding hydrogens is 477 g/mol. The van der Waals surface area contributed by atoms with Crippen LogP contribution in [0.25, 0.3) is 10.9 Å². The van der Waals surface area contributed by atoms with Crippen LogP contribution in [0.4, 0.5) is 23.7 Å². The van der Waals surface area contributed by atoms with Crippen LogP contribution in [0, 0.1) is 12.3 Å². The van der Waals surface area contributed by atoms with Crippen LogP contribution in [0.2, 0.25) is 0 Å². The van der Waals surface area contributed by atoms with E-state index in [9.17, 15) is 32.3 Å². The maximum absolute atomic E-state index is 13.4. The molecule has 1 saturated heterocycles. The highest BCUT2D eigenvalue weighted by Crippen LogP contribution is 2.30. The topological polar surface area (TPSA) is 108 Å². The summed E-state index contributed by atoms with van der Waals surface area (Å²) < 4.78 is 40.3. The van der Waals surface area contributed by atoms with E-state index in [0.29, 0.717) is 11.3 Å². The minimum Gasteiger partial charge on any atom is -0.303 e. The molecule has 5 amide bonds. The van der Waals surface area contributed by atoms with Crippen molar-refractivity contribution in [1.29, 1.82) is 0 Å². The van der Waals surface area contributed by atoms with E-state index in [0.717, 1.165) is 34.6 Å². The molecule has 0 bridgehead atoms. The van der Waals surface area contributed by atoms with Crippen LogP contribution in [0.5, 0.6) is 0 Å². The van der Waals surface area contributed by atoms with Crippen molar-refractivity contribution in [1.82, 2.24) is 15.6 Å². The van der Waals surface area contributed by atoms with Gasteiger partial charge in [0.1, 0.15) is 5.41 Å². The molecule has 2 heterocycles. The third kappa shape index (κ3) is 4.77. The molecule has 0 radical (unpaired) electrons. The highest BCUT2D eigenvalue weighted by atomic mass is 19.4. The minimum absolute atomic E-state index is 0.157. The Morgan fingerprint density at radius 1 is 1.00 bits per heavy atom. The standard InChI is InChI=1S/C25H21F3N4O4/c1-14-11-16(18-5-3-4-6-19(18)29-14)12-15-7-9-17(10-8-15)32(22(35)25(26,27)28)13-24(2)20(33)30-23(36)31-21(24)34/h3-11H,12-13H2,1-2H3,(H2,30,31,33,34,36). The van der Waals surface area contributed by atoms with Crippen LogP contribution in [0.1, 0.15) is 23.7 Å². The SMILES string of the molecule is Cc1cc(Cc2ccc(N(CC3(C)C(=O)NC(=O)NC3=O)C(=O)C(F)(F)F)cc2)c2ccccc2n1. The fourth-order valence-corrected chi connectivity index (χ4v) is 4.06. The fraction of sp³-hybridized carbons (Fsp3) is 0.240. The number of halogens is 3. The van der Waals surface area contributed by atoms with Gasteiger partial charge in [-0.1, -0.05) is 30.3 Å². The number of benzene rings is 2. The number of nitrogens with zero attached hydrogens (tertiary/aromatic N) is 2. The Morgan fingerprint density at radius 3 is 2.22 bits per heavy atom. The molecule has 1 aromatic heterocycles. The highest BCUT2D eigenvalue weighted by molar-refractivity contribution is 6.19. The smallest absolute Gasteiger partial charge is 0.303 e. The van der Waals surface area contributed by atoms with Gasteiger partial charge in [0.05, 0.1) is 5.52 Å². The summed E-state index contributed by atoms with van der Waals surface area (Å²) >= 11 is 0. The van der Waals surface area contributed by atoms with Gasteiger partial charge < -0.3 is 4.90 Å². The molecule has 2 aromatic carbocycles. The van der Waals surface area contributed by atoms with E-state index in [1.807, 2.05) is 47.9 Å². The second-order valence-electron chi connectivity index (χ2n) is 8.74. The Bertz CT molecular complexity index is 1370. The van der Waals surface area contributed by atoms with Crippen LogP contribution in [-0.2, 0) is 20.8 Å². The summed E-state index contributed by atoms with van der Waals surface area (Å²) in [6, 6.07) is 14.2. The van der Waals surface area contributed by atoms with Crippen molar-refractivity contribution < 1.29 is 32.3 Å². The number of fused-ring (bicyclic) bond motifs is 1. The quantitative estimate of drug-likeness (QED) is 0.525. The summed E-state index contributed by atoms with van der Waals surface area (Å²) in [7, 11) is 0. The lowest BCUT2D eigenvalue weighted by molar-refractivity contribution is -0.171.